The Kier molecular flexibility index (Phi) is 3.50. The summed E-state index contributed by atoms with van der Waals surface area (Å²) in [6, 6.07) is 10.8. The molecule has 0 aromatic heterocycles. The van der Waals surface area contributed by atoms with Gasteiger partial charge in [0.1, 0.15) is 0 Å². The summed E-state index contributed by atoms with van der Waals surface area (Å²) >= 11 is 0. The highest BCUT2D eigenvalue weighted by Gasteiger charge is 2.18. The first-order valence-corrected chi connectivity index (χ1v) is 6.05. The van der Waals surface area contributed by atoms with Gasteiger partial charge in [0.05, 0.1) is 5.82 Å². The van der Waals surface area contributed by atoms with Crippen LogP contribution in [0.25, 0.3) is 0 Å². The highest BCUT2D eigenvalue weighted by Crippen LogP contribution is 2.28. The number of hydrogen-bond acceptors (Lipinski definition) is 2. The van der Waals surface area contributed by atoms with Crippen LogP contribution >= 0.6 is 0 Å². The van der Waals surface area contributed by atoms with Crippen LogP contribution in [-0.4, -0.2) is 6.54 Å². The molecular weight excluding hydrogens is 196 g/mol. The molecule has 1 aliphatic heterocycles. The molecule has 86 valence electrons. The van der Waals surface area contributed by atoms with Crippen molar-refractivity contribution in [2.45, 2.75) is 25.7 Å². The third-order valence-electron chi connectivity index (χ3n) is 3.33. The lowest BCUT2D eigenvalue weighted by molar-refractivity contribution is 0.502. The molecular formula is C14H20N2. The van der Waals surface area contributed by atoms with Crippen molar-refractivity contribution in [3.63, 3.8) is 0 Å². The Balaban J connectivity index is 2.01. The molecule has 0 saturated carbocycles. The zero-order valence-corrected chi connectivity index (χ0v) is 9.82. The Hall–Kier alpha value is -1.44. The monoisotopic (exact) mass is 216 g/mol. The van der Waals surface area contributed by atoms with Gasteiger partial charge in [-0.1, -0.05) is 37.3 Å². The summed E-state index contributed by atoms with van der Waals surface area (Å²) < 4.78 is 0. The van der Waals surface area contributed by atoms with Crippen LogP contribution in [0.15, 0.2) is 42.2 Å². The Morgan fingerprint density at radius 2 is 2.12 bits per heavy atom. The normalized spacial score (nSPS) is 21.3. The maximum Gasteiger partial charge on any atom is 0.0922 e. The van der Waals surface area contributed by atoms with Crippen molar-refractivity contribution in [1.29, 1.82) is 0 Å². The second-order valence-electron chi connectivity index (χ2n) is 4.51. The van der Waals surface area contributed by atoms with Crippen LogP contribution in [0.2, 0.25) is 0 Å². The van der Waals surface area contributed by atoms with Gasteiger partial charge in [-0.25, -0.2) is 0 Å². The van der Waals surface area contributed by atoms with E-state index in [0.717, 1.165) is 12.4 Å². The SMILES string of the molecule is CC[C@H](C[C@H]1C=C(N)NC1)c1ccccc1. The molecule has 2 heteroatoms. The van der Waals surface area contributed by atoms with E-state index in [1.807, 2.05) is 0 Å². The summed E-state index contributed by atoms with van der Waals surface area (Å²) in [6.07, 6.45) is 4.54. The molecule has 0 fully saturated rings. The second kappa shape index (κ2) is 5.06. The fourth-order valence-corrected chi connectivity index (χ4v) is 2.40. The molecule has 0 spiro atoms. The van der Waals surface area contributed by atoms with E-state index in [-0.39, 0.29) is 0 Å². The lowest BCUT2D eigenvalue weighted by atomic mass is 9.87. The first-order chi connectivity index (χ1) is 7.79. The fourth-order valence-electron chi connectivity index (χ4n) is 2.40. The topological polar surface area (TPSA) is 38.0 Å². The summed E-state index contributed by atoms with van der Waals surface area (Å²) in [5, 5.41) is 3.19. The van der Waals surface area contributed by atoms with Crippen molar-refractivity contribution in [3.05, 3.63) is 47.8 Å². The first kappa shape index (κ1) is 11.1. The summed E-state index contributed by atoms with van der Waals surface area (Å²) in [6.45, 7) is 3.25. The molecule has 0 aliphatic carbocycles. The standard InChI is InChI=1S/C14H20N2/c1-2-12(13-6-4-3-5-7-13)8-11-9-14(15)16-10-11/h3-7,9,11-12,16H,2,8,10,15H2,1H3/t11-,12+/m0/s1. The van der Waals surface area contributed by atoms with E-state index in [9.17, 15) is 0 Å². The molecule has 0 unspecified atom stereocenters. The lowest BCUT2D eigenvalue weighted by Crippen LogP contribution is -2.17. The minimum absolute atomic E-state index is 0.588. The van der Waals surface area contributed by atoms with E-state index in [1.165, 1.54) is 18.4 Å². The quantitative estimate of drug-likeness (QED) is 0.812. The van der Waals surface area contributed by atoms with Crippen LogP contribution in [0.5, 0.6) is 0 Å². The van der Waals surface area contributed by atoms with Gasteiger partial charge >= 0.3 is 0 Å². The Labute approximate surface area is 97.5 Å². The predicted molar refractivity (Wildman–Crippen MR) is 67.9 cm³/mol. The number of benzene rings is 1. The van der Waals surface area contributed by atoms with Crippen molar-refractivity contribution in [1.82, 2.24) is 5.32 Å². The molecule has 2 atom stereocenters. The van der Waals surface area contributed by atoms with Crippen molar-refractivity contribution >= 4 is 0 Å². The zero-order chi connectivity index (χ0) is 11.4. The highest BCUT2D eigenvalue weighted by molar-refractivity contribution is 5.20. The molecule has 0 amide bonds. The maximum atomic E-state index is 5.73. The Bertz CT molecular complexity index is 356. The minimum atomic E-state index is 0.588. The maximum absolute atomic E-state index is 5.73. The van der Waals surface area contributed by atoms with Crippen molar-refractivity contribution in [2.75, 3.05) is 6.54 Å². The average Bonchev–Trinajstić information content (AvgIpc) is 2.73. The van der Waals surface area contributed by atoms with Gasteiger partial charge in [-0.15, -0.1) is 0 Å². The van der Waals surface area contributed by atoms with Gasteiger partial charge in [-0.05, 0) is 36.3 Å². The third-order valence-corrected chi connectivity index (χ3v) is 3.33. The van der Waals surface area contributed by atoms with Crippen LogP contribution < -0.4 is 11.1 Å². The molecule has 1 heterocycles. The molecule has 0 bridgehead atoms. The van der Waals surface area contributed by atoms with Gasteiger partial charge < -0.3 is 11.1 Å². The van der Waals surface area contributed by atoms with E-state index < -0.39 is 0 Å². The van der Waals surface area contributed by atoms with Gasteiger partial charge in [0, 0.05) is 6.54 Å². The van der Waals surface area contributed by atoms with E-state index in [0.29, 0.717) is 11.8 Å². The van der Waals surface area contributed by atoms with Crippen LogP contribution in [0, 0.1) is 5.92 Å². The van der Waals surface area contributed by atoms with E-state index in [4.69, 9.17) is 5.73 Å². The molecule has 16 heavy (non-hydrogen) atoms. The van der Waals surface area contributed by atoms with Crippen LogP contribution in [-0.2, 0) is 0 Å². The van der Waals surface area contributed by atoms with Gasteiger partial charge in [0.2, 0.25) is 0 Å². The summed E-state index contributed by atoms with van der Waals surface area (Å²) in [4.78, 5) is 0. The number of hydrogen-bond donors (Lipinski definition) is 2. The largest absolute Gasteiger partial charge is 0.386 e. The molecule has 2 rings (SSSR count). The van der Waals surface area contributed by atoms with Crippen LogP contribution in [0.4, 0.5) is 0 Å². The van der Waals surface area contributed by atoms with Crippen LogP contribution in [0.3, 0.4) is 0 Å². The number of nitrogens with one attached hydrogen (secondary N) is 1. The molecule has 1 aromatic rings. The van der Waals surface area contributed by atoms with Gasteiger partial charge in [0.15, 0.2) is 0 Å². The van der Waals surface area contributed by atoms with E-state index >= 15 is 0 Å². The van der Waals surface area contributed by atoms with Crippen molar-refractivity contribution in [2.24, 2.45) is 11.7 Å². The molecule has 1 aliphatic rings. The van der Waals surface area contributed by atoms with Gasteiger partial charge in [0.25, 0.3) is 0 Å². The Morgan fingerprint density at radius 1 is 1.38 bits per heavy atom. The smallest absolute Gasteiger partial charge is 0.0922 e. The molecule has 2 nitrogen and oxygen atoms in total. The number of rotatable bonds is 4. The minimum Gasteiger partial charge on any atom is -0.386 e. The van der Waals surface area contributed by atoms with Gasteiger partial charge in [-0.3, -0.25) is 0 Å². The summed E-state index contributed by atoms with van der Waals surface area (Å²) in [7, 11) is 0. The average molecular weight is 216 g/mol. The Morgan fingerprint density at radius 3 is 2.69 bits per heavy atom. The van der Waals surface area contributed by atoms with E-state index in [1.54, 1.807) is 0 Å². The molecule has 1 aromatic carbocycles. The highest BCUT2D eigenvalue weighted by atomic mass is 15.0. The molecule has 3 N–H and O–H groups in total. The molecule has 0 radical (unpaired) electrons. The van der Waals surface area contributed by atoms with Crippen molar-refractivity contribution in [3.8, 4) is 0 Å². The van der Waals surface area contributed by atoms with E-state index in [2.05, 4.69) is 48.6 Å². The first-order valence-electron chi connectivity index (χ1n) is 6.05. The fraction of sp³-hybridized carbons (Fsp3) is 0.429. The molecule has 0 saturated heterocycles. The lowest BCUT2D eigenvalue weighted by Gasteiger charge is -2.18. The van der Waals surface area contributed by atoms with Crippen molar-refractivity contribution < 1.29 is 0 Å². The number of nitrogens with two attached hydrogens (primary N) is 1. The van der Waals surface area contributed by atoms with Gasteiger partial charge in [-0.2, -0.15) is 0 Å². The third kappa shape index (κ3) is 2.57. The summed E-state index contributed by atoms with van der Waals surface area (Å²) in [5.74, 6) is 2.08. The predicted octanol–water partition coefficient (Wildman–Crippen LogP) is 2.59. The summed E-state index contributed by atoms with van der Waals surface area (Å²) in [5.41, 5.74) is 7.18. The zero-order valence-electron chi connectivity index (χ0n) is 9.82. The second-order valence-corrected chi connectivity index (χ2v) is 4.51. The van der Waals surface area contributed by atoms with Crippen LogP contribution in [0.1, 0.15) is 31.2 Å².